The fourth-order valence-corrected chi connectivity index (χ4v) is 6.18. The molecule has 1 aromatic rings. The highest BCUT2D eigenvalue weighted by Gasteiger charge is 2.36. The molecule has 27 heavy (non-hydrogen) atoms. The van der Waals surface area contributed by atoms with Crippen molar-refractivity contribution in [1.29, 1.82) is 0 Å². The van der Waals surface area contributed by atoms with Crippen LogP contribution in [0, 0.1) is 11.3 Å². The zero-order valence-corrected chi connectivity index (χ0v) is 18.6. The molecule has 0 radical (unpaired) electrons. The summed E-state index contributed by atoms with van der Waals surface area (Å²) in [4.78, 5) is 14.9. The average Bonchev–Trinajstić information content (AvgIpc) is 2.60. The van der Waals surface area contributed by atoms with Crippen LogP contribution in [-0.4, -0.2) is 49.7 Å². The zero-order valence-electron chi connectivity index (χ0n) is 16.2. The van der Waals surface area contributed by atoms with E-state index in [0.717, 1.165) is 36.0 Å². The second-order valence-electron chi connectivity index (χ2n) is 8.59. The Balaban J connectivity index is 1.57. The number of amides is 1. The highest BCUT2D eigenvalue weighted by molar-refractivity contribution is 9.10. The summed E-state index contributed by atoms with van der Waals surface area (Å²) in [5, 5.41) is 0. The van der Waals surface area contributed by atoms with Gasteiger partial charge in [-0.25, -0.2) is 12.7 Å². The van der Waals surface area contributed by atoms with Gasteiger partial charge in [0.25, 0.3) is 0 Å². The molecule has 2 heterocycles. The molecule has 7 heteroatoms. The number of benzene rings is 1. The summed E-state index contributed by atoms with van der Waals surface area (Å²) in [7, 11) is -3.36. The van der Waals surface area contributed by atoms with Crippen LogP contribution in [0.1, 0.15) is 45.1 Å². The molecule has 0 unspecified atom stereocenters. The molecule has 2 aliphatic rings. The second-order valence-corrected chi connectivity index (χ2v) is 11.5. The molecule has 150 valence electrons. The van der Waals surface area contributed by atoms with E-state index in [-0.39, 0.29) is 23.0 Å². The molecular formula is C20H29BrN2O3S. The van der Waals surface area contributed by atoms with Gasteiger partial charge < -0.3 is 4.90 Å². The summed E-state index contributed by atoms with van der Waals surface area (Å²) in [6.07, 6.45) is 3.45. The van der Waals surface area contributed by atoms with Crippen LogP contribution >= 0.6 is 15.9 Å². The van der Waals surface area contributed by atoms with Crippen LogP contribution in [0.4, 0.5) is 0 Å². The third-order valence-corrected chi connectivity index (χ3v) is 7.99. The molecule has 1 amide bonds. The van der Waals surface area contributed by atoms with Gasteiger partial charge in [-0.3, -0.25) is 4.79 Å². The van der Waals surface area contributed by atoms with E-state index < -0.39 is 10.0 Å². The van der Waals surface area contributed by atoms with Crippen molar-refractivity contribution >= 4 is 31.9 Å². The molecule has 0 saturated carbocycles. The Morgan fingerprint density at radius 3 is 2.56 bits per heavy atom. The Morgan fingerprint density at radius 1 is 1.22 bits per heavy atom. The molecule has 2 aliphatic heterocycles. The first-order chi connectivity index (χ1) is 12.7. The fraction of sp³-hybridized carbons (Fsp3) is 0.650. The van der Waals surface area contributed by atoms with E-state index in [0.29, 0.717) is 25.9 Å². The van der Waals surface area contributed by atoms with Crippen LogP contribution in [0.25, 0.3) is 0 Å². The minimum absolute atomic E-state index is 0.00532. The molecule has 0 aromatic heterocycles. The van der Waals surface area contributed by atoms with Gasteiger partial charge in [-0.05, 0) is 48.8 Å². The van der Waals surface area contributed by atoms with Gasteiger partial charge >= 0.3 is 0 Å². The number of hydrogen-bond donors (Lipinski definition) is 0. The van der Waals surface area contributed by atoms with Crippen molar-refractivity contribution < 1.29 is 13.2 Å². The maximum atomic E-state index is 12.9. The number of hydrogen-bond acceptors (Lipinski definition) is 3. The number of piperidine rings is 2. The number of likely N-dealkylation sites (tertiary alicyclic amines) is 1. The van der Waals surface area contributed by atoms with Gasteiger partial charge in [0.15, 0.2) is 0 Å². The number of nitrogens with zero attached hydrogens (tertiary/aromatic N) is 2. The molecule has 0 spiro atoms. The summed E-state index contributed by atoms with van der Waals surface area (Å²) < 4.78 is 27.9. The van der Waals surface area contributed by atoms with Gasteiger partial charge in [-0.15, -0.1) is 0 Å². The fourth-order valence-electron chi connectivity index (χ4n) is 4.18. The maximum absolute atomic E-state index is 12.9. The third kappa shape index (κ3) is 5.33. The summed E-state index contributed by atoms with van der Waals surface area (Å²) in [5.41, 5.74) is 0.958. The number of carbonyl (C=O) groups is 1. The molecule has 0 aliphatic carbocycles. The lowest BCUT2D eigenvalue weighted by Gasteiger charge is -2.40. The smallest absolute Gasteiger partial charge is 0.225 e. The van der Waals surface area contributed by atoms with Crippen molar-refractivity contribution in [3.63, 3.8) is 0 Å². The summed E-state index contributed by atoms with van der Waals surface area (Å²) in [6.45, 7) is 6.94. The number of sulfonamides is 1. The Labute approximate surface area is 171 Å². The van der Waals surface area contributed by atoms with Gasteiger partial charge in [0.2, 0.25) is 15.9 Å². The van der Waals surface area contributed by atoms with E-state index in [2.05, 4.69) is 29.8 Å². The van der Waals surface area contributed by atoms with Crippen molar-refractivity contribution in [2.75, 3.05) is 26.2 Å². The predicted molar refractivity (Wildman–Crippen MR) is 111 cm³/mol. The van der Waals surface area contributed by atoms with Gasteiger partial charge in [0.1, 0.15) is 0 Å². The van der Waals surface area contributed by atoms with E-state index in [4.69, 9.17) is 0 Å². The lowest BCUT2D eigenvalue weighted by molar-refractivity contribution is -0.139. The molecule has 2 fully saturated rings. The summed E-state index contributed by atoms with van der Waals surface area (Å²) in [6, 6.07) is 7.40. The Morgan fingerprint density at radius 2 is 1.93 bits per heavy atom. The van der Waals surface area contributed by atoms with Gasteiger partial charge in [-0.2, -0.15) is 0 Å². The molecule has 5 nitrogen and oxygen atoms in total. The monoisotopic (exact) mass is 456 g/mol. The molecule has 0 N–H and O–H groups in total. The average molecular weight is 457 g/mol. The molecule has 0 bridgehead atoms. The zero-order chi connectivity index (χ0) is 19.7. The van der Waals surface area contributed by atoms with Crippen LogP contribution in [0.5, 0.6) is 0 Å². The molecule has 0 atom stereocenters. The summed E-state index contributed by atoms with van der Waals surface area (Å²) >= 11 is 3.38. The predicted octanol–water partition coefficient (Wildman–Crippen LogP) is 3.64. The van der Waals surface area contributed by atoms with E-state index in [1.54, 1.807) is 4.31 Å². The molecule has 3 rings (SSSR count). The minimum atomic E-state index is -3.36. The third-order valence-electron chi connectivity index (χ3n) is 5.65. The first kappa shape index (κ1) is 20.8. The van der Waals surface area contributed by atoms with Gasteiger partial charge in [-0.1, -0.05) is 41.9 Å². The van der Waals surface area contributed by atoms with Crippen molar-refractivity contribution in [2.24, 2.45) is 11.3 Å². The molecule has 1 aromatic carbocycles. The first-order valence-corrected chi connectivity index (χ1v) is 12.1. The maximum Gasteiger partial charge on any atom is 0.225 e. The van der Waals surface area contributed by atoms with Crippen LogP contribution in [0.3, 0.4) is 0 Å². The van der Waals surface area contributed by atoms with E-state index >= 15 is 0 Å². The van der Waals surface area contributed by atoms with Crippen molar-refractivity contribution in [3.8, 4) is 0 Å². The number of halogens is 1. The van der Waals surface area contributed by atoms with Crippen LogP contribution in [-0.2, 0) is 20.6 Å². The standard InChI is InChI=1S/C20H29BrN2O3S/c1-20(2)9-4-10-22(15-20)19(24)17-7-11-23(12-8-17)27(25,26)14-16-5-3-6-18(21)13-16/h3,5-6,13,17H,4,7-12,14-15H2,1-2H3. The highest BCUT2D eigenvalue weighted by atomic mass is 79.9. The molecule has 2 saturated heterocycles. The van der Waals surface area contributed by atoms with Crippen molar-refractivity contribution in [3.05, 3.63) is 34.3 Å². The number of carbonyl (C=O) groups excluding carboxylic acids is 1. The Hall–Kier alpha value is -0.920. The van der Waals surface area contributed by atoms with E-state index in [1.165, 1.54) is 0 Å². The normalized spacial score (nSPS) is 22.0. The van der Waals surface area contributed by atoms with Gasteiger partial charge in [0, 0.05) is 36.6 Å². The van der Waals surface area contributed by atoms with Crippen LogP contribution in [0.15, 0.2) is 28.7 Å². The summed E-state index contributed by atoms with van der Waals surface area (Å²) in [5.74, 6) is 0.175. The highest BCUT2D eigenvalue weighted by Crippen LogP contribution is 2.31. The van der Waals surface area contributed by atoms with Crippen LogP contribution < -0.4 is 0 Å². The van der Waals surface area contributed by atoms with E-state index in [9.17, 15) is 13.2 Å². The Kier molecular flexibility index (Phi) is 6.33. The Bertz CT molecular complexity index is 786. The minimum Gasteiger partial charge on any atom is -0.342 e. The lowest BCUT2D eigenvalue weighted by Crippen LogP contribution is -2.49. The number of rotatable bonds is 4. The quantitative estimate of drug-likeness (QED) is 0.694. The van der Waals surface area contributed by atoms with E-state index in [1.807, 2.05) is 29.2 Å². The lowest BCUT2D eigenvalue weighted by atomic mass is 9.83. The SMILES string of the molecule is CC1(C)CCCN(C(=O)C2CCN(S(=O)(=O)Cc3cccc(Br)c3)CC2)C1. The largest absolute Gasteiger partial charge is 0.342 e. The topological polar surface area (TPSA) is 57.7 Å². The molecular weight excluding hydrogens is 428 g/mol. The van der Waals surface area contributed by atoms with Crippen molar-refractivity contribution in [1.82, 2.24) is 9.21 Å². The van der Waals surface area contributed by atoms with Crippen molar-refractivity contribution in [2.45, 2.75) is 45.3 Å². The first-order valence-electron chi connectivity index (χ1n) is 9.67. The van der Waals surface area contributed by atoms with Crippen LogP contribution in [0.2, 0.25) is 0 Å². The second kappa shape index (κ2) is 8.21. The van der Waals surface area contributed by atoms with Gasteiger partial charge in [0.05, 0.1) is 5.75 Å².